The van der Waals surface area contributed by atoms with Crippen LogP contribution in [0.1, 0.15) is 59.9 Å². The zero-order chi connectivity index (χ0) is 19.4. The molecule has 1 aromatic carbocycles. The van der Waals surface area contributed by atoms with Crippen LogP contribution in [-0.2, 0) is 6.54 Å². The van der Waals surface area contributed by atoms with Crippen molar-refractivity contribution in [2.75, 3.05) is 0 Å². The Labute approximate surface area is 161 Å². The average molecular weight is 423 g/mol. The fourth-order valence-corrected chi connectivity index (χ4v) is 3.57. The molecule has 0 aliphatic carbocycles. The molecule has 26 heavy (non-hydrogen) atoms. The van der Waals surface area contributed by atoms with Crippen LogP contribution in [0.25, 0.3) is 0 Å². The second-order valence-electron chi connectivity index (χ2n) is 6.31. The highest BCUT2D eigenvalue weighted by Gasteiger charge is 2.23. The van der Waals surface area contributed by atoms with E-state index in [9.17, 15) is 14.0 Å². The van der Waals surface area contributed by atoms with Gasteiger partial charge in [0.05, 0.1) is 16.1 Å². The second-order valence-corrected chi connectivity index (χ2v) is 7.10. The van der Waals surface area contributed by atoms with Crippen molar-refractivity contribution in [2.24, 2.45) is 0 Å². The highest BCUT2D eigenvalue weighted by molar-refractivity contribution is 9.10. The van der Waals surface area contributed by atoms with E-state index in [0.717, 1.165) is 6.42 Å². The number of nitrogens with one attached hydrogen (secondary N) is 1. The van der Waals surface area contributed by atoms with Crippen molar-refractivity contribution in [1.29, 1.82) is 0 Å². The molecule has 1 aromatic heterocycles. The first-order chi connectivity index (χ1) is 12.3. The lowest BCUT2D eigenvalue weighted by Gasteiger charge is -2.21. The molecule has 1 amide bonds. The van der Waals surface area contributed by atoms with Gasteiger partial charge in [-0.15, -0.1) is 0 Å². The number of pyridine rings is 1. The summed E-state index contributed by atoms with van der Waals surface area (Å²) >= 11 is 3.32. The summed E-state index contributed by atoms with van der Waals surface area (Å²) in [5.74, 6) is -0.647. The van der Waals surface area contributed by atoms with Crippen LogP contribution < -0.4 is 10.9 Å². The van der Waals surface area contributed by atoms with Crippen LogP contribution >= 0.6 is 15.9 Å². The van der Waals surface area contributed by atoms with Crippen LogP contribution in [-0.4, -0.2) is 10.5 Å². The van der Waals surface area contributed by atoms with Gasteiger partial charge in [0.1, 0.15) is 5.82 Å². The summed E-state index contributed by atoms with van der Waals surface area (Å²) in [5, 5.41) is 2.92. The first-order valence-corrected chi connectivity index (χ1v) is 9.57. The molecule has 0 bridgehead atoms. The molecule has 0 fully saturated rings. The summed E-state index contributed by atoms with van der Waals surface area (Å²) in [6, 6.07) is 6.00. The molecule has 1 atom stereocenters. The molecule has 0 spiro atoms. The molecule has 0 radical (unpaired) electrons. The largest absolute Gasteiger partial charge is 0.345 e. The third-order valence-electron chi connectivity index (χ3n) is 4.57. The molecule has 1 heterocycles. The van der Waals surface area contributed by atoms with Crippen LogP contribution in [0.4, 0.5) is 4.39 Å². The van der Waals surface area contributed by atoms with E-state index in [2.05, 4.69) is 21.2 Å². The van der Waals surface area contributed by atoms with Crippen LogP contribution in [0.3, 0.4) is 0 Å². The normalized spacial score (nSPS) is 12.1. The first kappa shape index (κ1) is 20.4. The monoisotopic (exact) mass is 422 g/mol. The van der Waals surface area contributed by atoms with Crippen molar-refractivity contribution in [3.05, 3.63) is 67.3 Å². The molecule has 2 rings (SSSR count). The van der Waals surface area contributed by atoms with E-state index in [1.807, 2.05) is 13.8 Å². The molecule has 0 saturated carbocycles. The van der Waals surface area contributed by atoms with Gasteiger partial charge < -0.3 is 9.88 Å². The number of hydrogen-bond donors (Lipinski definition) is 1. The van der Waals surface area contributed by atoms with E-state index >= 15 is 0 Å². The Kier molecular flexibility index (Phi) is 6.75. The molecular weight excluding hydrogens is 399 g/mol. The van der Waals surface area contributed by atoms with Gasteiger partial charge in [0.25, 0.3) is 11.5 Å². The molecule has 2 aromatic rings. The van der Waals surface area contributed by atoms with E-state index < -0.39 is 6.04 Å². The van der Waals surface area contributed by atoms with E-state index in [1.54, 1.807) is 36.6 Å². The molecule has 140 valence electrons. The van der Waals surface area contributed by atoms with Gasteiger partial charge in [-0.3, -0.25) is 9.59 Å². The van der Waals surface area contributed by atoms with Crippen molar-refractivity contribution in [2.45, 2.75) is 53.1 Å². The number of benzene rings is 1. The van der Waals surface area contributed by atoms with Gasteiger partial charge in [-0.25, -0.2) is 4.39 Å². The predicted octanol–water partition coefficient (Wildman–Crippen LogP) is 4.66. The minimum atomic E-state index is -0.437. The number of hydrogen-bond acceptors (Lipinski definition) is 2. The maximum atomic E-state index is 14.1. The number of carbonyl (C=O) groups is 1. The summed E-state index contributed by atoms with van der Waals surface area (Å²) in [5.41, 5.74) is 2.00. The Bertz CT molecular complexity index is 877. The first-order valence-electron chi connectivity index (χ1n) is 8.78. The minimum absolute atomic E-state index is 0.139. The number of amides is 1. The molecule has 6 heteroatoms. The van der Waals surface area contributed by atoms with Crippen molar-refractivity contribution >= 4 is 21.8 Å². The van der Waals surface area contributed by atoms with Crippen LogP contribution in [0, 0.1) is 19.7 Å². The molecule has 0 unspecified atom stereocenters. The van der Waals surface area contributed by atoms with Gasteiger partial charge in [-0.1, -0.05) is 32.0 Å². The molecule has 1 N–H and O–H groups in total. The van der Waals surface area contributed by atoms with Crippen LogP contribution in [0.2, 0.25) is 0 Å². The lowest BCUT2D eigenvalue weighted by molar-refractivity contribution is 0.0932. The lowest BCUT2D eigenvalue weighted by atomic mass is 10.0. The topological polar surface area (TPSA) is 51.1 Å². The van der Waals surface area contributed by atoms with Gasteiger partial charge >= 0.3 is 0 Å². The Balaban J connectivity index is 2.46. The highest BCUT2D eigenvalue weighted by Crippen LogP contribution is 2.23. The van der Waals surface area contributed by atoms with E-state index in [0.29, 0.717) is 39.8 Å². The van der Waals surface area contributed by atoms with Crippen molar-refractivity contribution in [3.8, 4) is 0 Å². The Morgan fingerprint density at radius 2 is 1.92 bits per heavy atom. The average Bonchev–Trinajstić information content (AvgIpc) is 2.62. The third-order valence-corrected chi connectivity index (χ3v) is 5.51. The SMILES string of the molecule is CCCn1c(C)c(C(=O)N[C@@H](CC)c2ccccc2F)c(C)c(Br)c1=O. The fraction of sp³-hybridized carbons (Fsp3) is 0.400. The molecule has 0 saturated heterocycles. The number of aromatic nitrogens is 1. The summed E-state index contributed by atoms with van der Waals surface area (Å²) in [7, 11) is 0. The molecule has 0 aliphatic heterocycles. The van der Waals surface area contributed by atoms with E-state index in [1.165, 1.54) is 6.07 Å². The van der Waals surface area contributed by atoms with Gasteiger partial charge in [0.2, 0.25) is 0 Å². The second kappa shape index (κ2) is 8.62. The van der Waals surface area contributed by atoms with Crippen molar-refractivity contribution in [1.82, 2.24) is 9.88 Å². The zero-order valence-corrected chi connectivity index (χ0v) is 17.1. The van der Waals surface area contributed by atoms with E-state index in [4.69, 9.17) is 0 Å². The number of nitrogens with zero attached hydrogens (tertiary/aromatic N) is 1. The van der Waals surface area contributed by atoms with Gasteiger partial charge in [-0.05, 0) is 54.2 Å². The maximum absolute atomic E-state index is 14.1. The van der Waals surface area contributed by atoms with Crippen LogP contribution in [0.15, 0.2) is 33.5 Å². The maximum Gasteiger partial charge on any atom is 0.265 e. The van der Waals surface area contributed by atoms with Crippen molar-refractivity contribution in [3.63, 3.8) is 0 Å². The molecular formula is C20H24BrFN2O2. The van der Waals surface area contributed by atoms with Gasteiger partial charge in [0, 0.05) is 17.8 Å². The summed E-state index contributed by atoms with van der Waals surface area (Å²) < 4.78 is 16.1. The third kappa shape index (κ3) is 3.90. The zero-order valence-electron chi connectivity index (χ0n) is 15.5. The van der Waals surface area contributed by atoms with Gasteiger partial charge in [0.15, 0.2) is 0 Å². The Morgan fingerprint density at radius 1 is 1.27 bits per heavy atom. The number of carbonyl (C=O) groups excluding carboxylic acids is 1. The number of rotatable bonds is 6. The fourth-order valence-electron chi connectivity index (χ4n) is 3.16. The smallest absolute Gasteiger partial charge is 0.265 e. The Hall–Kier alpha value is -1.95. The summed E-state index contributed by atoms with van der Waals surface area (Å²) in [4.78, 5) is 25.4. The highest BCUT2D eigenvalue weighted by atomic mass is 79.9. The standard InChI is InChI=1S/C20H24BrFN2O2/c1-5-11-24-13(4)17(12(3)18(21)20(24)26)19(25)23-16(6-2)14-9-7-8-10-15(14)22/h7-10,16H,5-6,11H2,1-4H3,(H,23,25)/t16-/m0/s1. The quantitative estimate of drug-likeness (QED) is 0.735. The van der Waals surface area contributed by atoms with E-state index in [-0.39, 0.29) is 17.3 Å². The lowest BCUT2D eigenvalue weighted by Crippen LogP contribution is -2.34. The Morgan fingerprint density at radius 3 is 2.50 bits per heavy atom. The van der Waals surface area contributed by atoms with Crippen molar-refractivity contribution < 1.29 is 9.18 Å². The minimum Gasteiger partial charge on any atom is -0.345 e. The molecule has 4 nitrogen and oxygen atoms in total. The summed E-state index contributed by atoms with van der Waals surface area (Å²) in [6.07, 6.45) is 1.34. The van der Waals surface area contributed by atoms with Gasteiger partial charge in [-0.2, -0.15) is 0 Å². The number of halogens is 2. The van der Waals surface area contributed by atoms with Crippen LogP contribution in [0.5, 0.6) is 0 Å². The summed E-state index contributed by atoms with van der Waals surface area (Å²) in [6.45, 7) is 7.92. The molecule has 0 aliphatic rings. The predicted molar refractivity (Wildman–Crippen MR) is 105 cm³/mol.